The molecule has 0 spiro atoms. The average Bonchev–Trinajstić information content (AvgIpc) is 3.14. The van der Waals surface area contributed by atoms with Gasteiger partial charge in [-0.3, -0.25) is 9.89 Å². The number of piperidine rings is 1. The second-order valence-corrected chi connectivity index (χ2v) is 7.38. The molecule has 4 heteroatoms. The van der Waals surface area contributed by atoms with E-state index in [-0.39, 0.29) is 5.83 Å². The minimum atomic E-state index is -0.939. The summed E-state index contributed by atoms with van der Waals surface area (Å²) in [6, 6.07) is 22.6. The van der Waals surface area contributed by atoms with Crippen LogP contribution in [0.25, 0.3) is 0 Å². The number of nitrogens with zero attached hydrogens (tertiary/aromatic N) is 3. The molecular formula is C23H22FN3. The first-order valence-corrected chi connectivity index (χ1v) is 9.34. The van der Waals surface area contributed by atoms with Crippen molar-refractivity contribution in [3.05, 3.63) is 83.7 Å². The van der Waals surface area contributed by atoms with Crippen LogP contribution < -0.4 is 0 Å². The van der Waals surface area contributed by atoms with Crippen molar-refractivity contribution in [1.29, 1.82) is 5.26 Å². The minimum Gasteiger partial charge on any atom is -0.299 e. The van der Waals surface area contributed by atoms with Crippen molar-refractivity contribution < 1.29 is 4.39 Å². The summed E-state index contributed by atoms with van der Waals surface area (Å²) in [5.41, 5.74) is 0.467. The molecule has 1 fully saturated rings. The monoisotopic (exact) mass is 359 g/mol. The molecule has 0 saturated carbocycles. The lowest BCUT2D eigenvalue weighted by Gasteiger charge is -2.46. The Hall–Kier alpha value is -2.77. The van der Waals surface area contributed by atoms with Crippen LogP contribution in [0.3, 0.4) is 0 Å². The molecule has 2 aliphatic rings. The molecule has 27 heavy (non-hydrogen) atoms. The van der Waals surface area contributed by atoms with Crippen LogP contribution in [0.4, 0.5) is 4.39 Å². The Morgan fingerprint density at radius 2 is 1.63 bits per heavy atom. The molecule has 136 valence electrons. The number of rotatable bonds is 4. The van der Waals surface area contributed by atoms with Crippen LogP contribution in [0.15, 0.2) is 77.6 Å². The minimum absolute atomic E-state index is 0.361. The molecule has 0 radical (unpaired) electrons. The number of benzene rings is 2. The SMILES string of the molecule is N#CC1(C2(c3ccccc3)C=C(F)C=N2)CCN(Cc2ccccc2)CC1. The highest BCUT2D eigenvalue weighted by molar-refractivity contribution is 5.80. The van der Waals surface area contributed by atoms with E-state index in [1.54, 1.807) is 6.08 Å². The van der Waals surface area contributed by atoms with E-state index in [1.165, 1.54) is 11.8 Å². The summed E-state index contributed by atoms with van der Waals surface area (Å²) in [7, 11) is 0. The molecule has 2 aromatic carbocycles. The van der Waals surface area contributed by atoms with E-state index < -0.39 is 11.0 Å². The van der Waals surface area contributed by atoms with E-state index in [2.05, 4.69) is 28.1 Å². The Labute approximate surface area is 159 Å². The molecule has 1 atom stereocenters. The van der Waals surface area contributed by atoms with Gasteiger partial charge >= 0.3 is 0 Å². The van der Waals surface area contributed by atoms with Crippen LogP contribution >= 0.6 is 0 Å². The van der Waals surface area contributed by atoms with Crippen molar-refractivity contribution in [2.24, 2.45) is 10.4 Å². The van der Waals surface area contributed by atoms with Gasteiger partial charge in [-0.1, -0.05) is 60.7 Å². The number of hydrogen-bond donors (Lipinski definition) is 0. The zero-order chi connectivity index (χ0) is 18.7. The van der Waals surface area contributed by atoms with Gasteiger partial charge in [0.05, 0.1) is 17.7 Å². The highest BCUT2D eigenvalue weighted by Crippen LogP contribution is 2.52. The van der Waals surface area contributed by atoms with Crippen LogP contribution in [0.5, 0.6) is 0 Å². The van der Waals surface area contributed by atoms with Gasteiger partial charge in [-0.2, -0.15) is 5.26 Å². The molecule has 0 bridgehead atoms. The van der Waals surface area contributed by atoms with E-state index in [0.717, 1.165) is 25.2 Å². The number of nitriles is 1. The molecule has 0 aliphatic carbocycles. The third kappa shape index (κ3) is 3.09. The maximum atomic E-state index is 14.1. The number of allylic oxidation sites excluding steroid dienone is 1. The van der Waals surface area contributed by atoms with Crippen LogP contribution in [0.2, 0.25) is 0 Å². The van der Waals surface area contributed by atoms with Gasteiger partial charge in [0.15, 0.2) is 0 Å². The van der Waals surface area contributed by atoms with Crippen molar-refractivity contribution in [3.8, 4) is 6.07 Å². The lowest BCUT2D eigenvalue weighted by molar-refractivity contribution is 0.0928. The summed E-state index contributed by atoms with van der Waals surface area (Å²) in [6.45, 7) is 2.46. The van der Waals surface area contributed by atoms with Gasteiger partial charge in [0.2, 0.25) is 0 Å². The second kappa shape index (κ2) is 7.09. The molecule has 2 heterocycles. The third-order valence-electron chi connectivity index (χ3n) is 5.85. The van der Waals surface area contributed by atoms with Crippen LogP contribution in [-0.4, -0.2) is 24.2 Å². The Balaban J connectivity index is 1.61. The molecule has 1 unspecified atom stereocenters. The van der Waals surface area contributed by atoms with E-state index in [1.807, 2.05) is 48.5 Å². The highest BCUT2D eigenvalue weighted by Gasteiger charge is 2.54. The fourth-order valence-electron chi connectivity index (χ4n) is 4.34. The number of likely N-dealkylation sites (tertiary alicyclic amines) is 1. The molecule has 0 N–H and O–H groups in total. The summed E-state index contributed by atoms with van der Waals surface area (Å²) in [5, 5.41) is 10.2. The van der Waals surface area contributed by atoms with E-state index >= 15 is 0 Å². The lowest BCUT2D eigenvalue weighted by atomic mass is 9.62. The van der Waals surface area contributed by atoms with Gasteiger partial charge in [-0.25, -0.2) is 4.39 Å². The van der Waals surface area contributed by atoms with Gasteiger partial charge in [-0.15, -0.1) is 0 Å². The first-order valence-electron chi connectivity index (χ1n) is 9.34. The quantitative estimate of drug-likeness (QED) is 0.799. The maximum absolute atomic E-state index is 14.1. The smallest absolute Gasteiger partial charge is 0.139 e. The van der Waals surface area contributed by atoms with Crippen molar-refractivity contribution in [3.63, 3.8) is 0 Å². The fraction of sp³-hybridized carbons (Fsp3) is 0.304. The zero-order valence-electron chi connectivity index (χ0n) is 15.2. The molecular weight excluding hydrogens is 337 g/mol. The van der Waals surface area contributed by atoms with Crippen LogP contribution in [0.1, 0.15) is 24.0 Å². The van der Waals surface area contributed by atoms with Crippen molar-refractivity contribution in [1.82, 2.24) is 4.90 Å². The summed E-state index contributed by atoms with van der Waals surface area (Å²) in [4.78, 5) is 6.92. The zero-order valence-corrected chi connectivity index (χ0v) is 15.2. The second-order valence-electron chi connectivity index (χ2n) is 7.38. The van der Waals surface area contributed by atoms with Gasteiger partial charge in [0.25, 0.3) is 0 Å². The Morgan fingerprint density at radius 3 is 2.19 bits per heavy atom. The normalized spacial score (nSPS) is 24.4. The van der Waals surface area contributed by atoms with Gasteiger partial charge in [0.1, 0.15) is 11.4 Å². The summed E-state index contributed by atoms with van der Waals surface area (Å²) >= 11 is 0. The largest absolute Gasteiger partial charge is 0.299 e. The van der Waals surface area contributed by atoms with Gasteiger partial charge in [0, 0.05) is 19.6 Å². The molecule has 0 aromatic heterocycles. The first kappa shape index (κ1) is 17.6. The van der Waals surface area contributed by atoms with Gasteiger partial charge in [-0.05, 0) is 30.0 Å². The van der Waals surface area contributed by atoms with E-state index in [4.69, 9.17) is 0 Å². The van der Waals surface area contributed by atoms with Crippen molar-refractivity contribution in [2.75, 3.05) is 13.1 Å². The molecule has 2 aliphatic heterocycles. The average molecular weight is 359 g/mol. The summed E-state index contributed by atoms with van der Waals surface area (Å²) in [5.74, 6) is -0.361. The van der Waals surface area contributed by atoms with Crippen LogP contribution in [0, 0.1) is 16.7 Å². The Bertz CT molecular complexity index is 890. The van der Waals surface area contributed by atoms with Gasteiger partial charge < -0.3 is 0 Å². The van der Waals surface area contributed by atoms with E-state index in [0.29, 0.717) is 12.8 Å². The van der Waals surface area contributed by atoms with E-state index in [9.17, 15) is 9.65 Å². The fourth-order valence-corrected chi connectivity index (χ4v) is 4.34. The lowest BCUT2D eigenvalue weighted by Crippen LogP contribution is -2.49. The first-order chi connectivity index (χ1) is 13.2. The molecule has 0 amide bonds. The Kier molecular flexibility index (Phi) is 4.63. The van der Waals surface area contributed by atoms with Crippen LogP contribution in [-0.2, 0) is 12.1 Å². The number of halogens is 1. The molecule has 3 nitrogen and oxygen atoms in total. The topological polar surface area (TPSA) is 39.4 Å². The maximum Gasteiger partial charge on any atom is 0.139 e. The summed E-state index contributed by atoms with van der Waals surface area (Å²) < 4.78 is 14.1. The van der Waals surface area contributed by atoms with Crippen molar-refractivity contribution in [2.45, 2.75) is 24.9 Å². The number of aliphatic imine (C=N–C) groups is 1. The third-order valence-corrected chi connectivity index (χ3v) is 5.85. The predicted octanol–water partition coefficient (Wildman–Crippen LogP) is 4.63. The Morgan fingerprint density at radius 1 is 1.00 bits per heavy atom. The summed E-state index contributed by atoms with van der Waals surface area (Å²) in [6.07, 6.45) is 4.12. The number of hydrogen-bond acceptors (Lipinski definition) is 3. The predicted molar refractivity (Wildman–Crippen MR) is 105 cm³/mol. The molecule has 4 rings (SSSR count). The standard InChI is InChI=1S/C23H22FN3/c24-21-15-23(26-16-21,20-9-5-2-6-10-20)22(18-25)11-13-27(14-12-22)17-19-7-3-1-4-8-19/h1-10,15-16H,11-14,17H2. The molecule has 1 saturated heterocycles. The highest BCUT2D eigenvalue weighted by atomic mass is 19.1. The molecule has 2 aromatic rings. The van der Waals surface area contributed by atoms with Crippen molar-refractivity contribution >= 4 is 6.21 Å².